The smallest absolute Gasteiger partial charge is 0.227 e. The molecule has 6 rings (SSSR count). The fraction of sp³-hybridized carbons (Fsp3) is 0.407. The van der Waals surface area contributed by atoms with Gasteiger partial charge < -0.3 is 19.9 Å². The predicted molar refractivity (Wildman–Crippen MR) is 137 cm³/mol. The van der Waals surface area contributed by atoms with Crippen LogP contribution in [0.2, 0.25) is 0 Å². The van der Waals surface area contributed by atoms with E-state index in [1.54, 1.807) is 18.3 Å². The maximum Gasteiger partial charge on any atom is 0.227 e. The molecule has 2 aliphatic heterocycles. The van der Waals surface area contributed by atoms with Gasteiger partial charge in [-0.3, -0.25) is 4.90 Å². The second-order valence-electron chi connectivity index (χ2n) is 9.49. The third-order valence-corrected chi connectivity index (χ3v) is 7.08. The van der Waals surface area contributed by atoms with E-state index < -0.39 is 0 Å². The number of nitrogens with one attached hydrogen (secondary N) is 1. The molecule has 0 atom stereocenters. The van der Waals surface area contributed by atoms with Crippen LogP contribution < -0.4 is 15.1 Å². The Hall–Kier alpha value is -3.23. The van der Waals surface area contributed by atoms with E-state index in [0.717, 1.165) is 75.5 Å². The molecule has 1 saturated carbocycles. The number of morpholine rings is 1. The number of nitrogens with zero attached hydrogens (tertiary/aromatic N) is 5. The lowest BCUT2D eigenvalue weighted by Crippen LogP contribution is -2.47. The van der Waals surface area contributed by atoms with Crippen LogP contribution in [-0.4, -0.2) is 73.4 Å². The Morgan fingerprint density at radius 2 is 1.57 bits per heavy atom. The SMILES string of the molecule is Fc1cc(-c2ccnc(Nc3ccc(N4CCOCC4)cc3)n2)cc(N2CCN(C3CC3)CC2)c1. The number of ether oxygens (including phenoxy) is 1. The van der Waals surface area contributed by atoms with Gasteiger partial charge in [0, 0.05) is 74.1 Å². The summed E-state index contributed by atoms with van der Waals surface area (Å²) in [5, 5.41) is 3.28. The first-order valence-corrected chi connectivity index (χ1v) is 12.5. The summed E-state index contributed by atoms with van der Waals surface area (Å²) in [6, 6.07) is 16.1. The topological polar surface area (TPSA) is 56.8 Å². The first-order chi connectivity index (χ1) is 17.2. The van der Waals surface area contributed by atoms with Crippen molar-refractivity contribution in [3.8, 4) is 11.3 Å². The van der Waals surface area contributed by atoms with Crippen LogP contribution in [0.5, 0.6) is 0 Å². The molecule has 0 unspecified atom stereocenters. The summed E-state index contributed by atoms with van der Waals surface area (Å²) in [6.45, 7) is 7.28. The molecule has 182 valence electrons. The van der Waals surface area contributed by atoms with E-state index in [9.17, 15) is 4.39 Å². The summed E-state index contributed by atoms with van der Waals surface area (Å²) in [5.41, 5.74) is 4.47. The fourth-order valence-corrected chi connectivity index (χ4v) is 4.98. The normalized spacial score (nSPS) is 19.1. The molecule has 0 amide bonds. The molecule has 0 radical (unpaired) electrons. The molecule has 2 aromatic carbocycles. The van der Waals surface area contributed by atoms with Gasteiger partial charge in [-0.1, -0.05) is 0 Å². The summed E-state index contributed by atoms with van der Waals surface area (Å²) >= 11 is 0. The van der Waals surface area contributed by atoms with Crippen LogP contribution >= 0.6 is 0 Å². The van der Waals surface area contributed by atoms with Crippen molar-refractivity contribution >= 4 is 23.0 Å². The van der Waals surface area contributed by atoms with E-state index in [2.05, 4.69) is 42.1 Å². The van der Waals surface area contributed by atoms with Crippen LogP contribution in [0.1, 0.15) is 12.8 Å². The maximum absolute atomic E-state index is 14.6. The van der Waals surface area contributed by atoms with E-state index in [4.69, 9.17) is 4.74 Å². The number of halogens is 1. The Labute approximate surface area is 205 Å². The highest BCUT2D eigenvalue weighted by molar-refractivity contribution is 5.68. The molecule has 0 spiro atoms. The molecule has 7 nitrogen and oxygen atoms in total. The van der Waals surface area contributed by atoms with E-state index in [-0.39, 0.29) is 5.82 Å². The van der Waals surface area contributed by atoms with Gasteiger partial charge in [0.1, 0.15) is 5.82 Å². The van der Waals surface area contributed by atoms with Gasteiger partial charge in [-0.15, -0.1) is 0 Å². The molecule has 2 saturated heterocycles. The maximum atomic E-state index is 14.6. The van der Waals surface area contributed by atoms with Gasteiger partial charge in [-0.05, 0) is 61.4 Å². The van der Waals surface area contributed by atoms with Gasteiger partial charge in [0.15, 0.2) is 0 Å². The molecule has 3 aromatic rings. The second-order valence-corrected chi connectivity index (χ2v) is 9.49. The third-order valence-electron chi connectivity index (χ3n) is 7.08. The predicted octanol–water partition coefficient (Wildman–Crippen LogP) is 4.15. The average molecular weight is 475 g/mol. The van der Waals surface area contributed by atoms with Gasteiger partial charge in [0.05, 0.1) is 18.9 Å². The number of piperazine rings is 1. The quantitative estimate of drug-likeness (QED) is 0.576. The van der Waals surface area contributed by atoms with Crippen molar-refractivity contribution in [2.75, 3.05) is 67.6 Å². The zero-order chi connectivity index (χ0) is 23.6. The van der Waals surface area contributed by atoms with Crippen molar-refractivity contribution in [3.63, 3.8) is 0 Å². The lowest BCUT2D eigenvalue weighted by molar-refractivity contribution is 0.122. The zero-order valence-corrected chi connectivity index (χ0v) is 19.9. The zero-order valence-electron chi connectivity index (χ0n) is 19.9. The van der Waals surface area contributed by atoms with Crippen LogP contribution in [0.25, 0.3) is 11.3 Å². The van der Waals surface area contributed by atoms with Gasteiger partial charge in [0.25, 0.3) is 0 Å². The largest absolute Gasteiger partial charge is 0.378 e. The molecule has 0 bridgehead atoms. The monoisotopic (exact) mass is 474 g/mol. The number of aromatic nitrogens is 2. The Bertz CT molecular complexity index is 1150. The molecule has 1 aromatic heterocycles. The standard InChI is InChI=1S/C27H31FN6O/c28-21-17-20(18-25(19-21)33-11-9-32(10-12-33)24-5-6-24)26-7-8-29-27(31-26)30-22-1-3-23(4-2-22)34-13-15-35-16-14-34/h1-4,7-8,17-19,24H,5-6,9-16H2,(H,29,30,31). The summed E-state index contributed by atoms with van der Waals surface area (Å²) in [6.07, 6.45) is 4.37. The molecular weight excluding hydrogens is 443 g/mol. The van der Waals surface area contributed by atoms with Crippen molar-refractivity contribution in [2.45, 2.75) is 18.9 Å². The van der Waals surface area contributed by atoms with Crippen molar-refractivity contribution in [3.05, 3.63) is 60.5 Å². The van der Waals surface area contributed by atoms with Crippen LogP contribution in [0.15, 0.2) is 54.7 Å². The first-order valence-electron chi connectivity index (χ1n) is 12.5. The van der Waals surface area contributed by atoms with E-state index >= 15 is 0 Å². The number of hydrogen-bond acceptors (Lipinski definition) is 7. The highest BCUT2D eigenvalue weighted by atomic mass is 19.1. The van der Waals surface area contributed by atoms with E-state index in [0.29, 0.717) is 11.6 Å². The third kappa shape index (κ3) is 5.23. The Morgan fingerprint density at radius 3 is 2.31 bits per heavy atom. The summed E-state index contributed by atoms with van der Waals surface area (Å²) in [7, 11) is 0. The van der Waals surface area contributed by atoms with Crippen molar-refractivity contribution < 1.29 is 9.13 Å². The fourth-order valence-electron chi connectivity index (χ4n) is 4.98. The van der Waals surface area contributed by atoms with Crippen molar-refractivity contribution in [1.29, 1.82) is 0 Å². The summed E-state index contributed by atoms with van der Waals surface area (Å²) < 4.78 is 20.1. The molecule has 1 aliphatic carbocycles. The summed E-state index contributed by atoms with van der Waals surface area (Å²) in [5.74, 6) is 0.249. The van der Waals surface area contributed by atoms with Gasteiger partial charge in [-0.2, -0.15) is 0 Å². The van der Waals surface area contributed by atoms with Gasteiger partial charge in [-0.25, -0.2) is 14.4 Å². The van der Waals surface area contributed by atoms with Crippen LogP contribution in [0.3, 0.4) is 0 Å². The van der Waals surface area contributed by atoms with Gasteiger partial charge in [0.2, 0.25) is 5.95 Å². The minimum absolute atomic E-state index is 0.242. The lowest BCUT2D eigenvalue weighted by Gasteiger charge is -2.36. The Morgan fingerprint density at radius 1 is 0.829 bits per heavy atom. The lowest BCUT2D eigenvalue weighted by atomic mass is 10.1. The first kappa shape index (κ1) is 22.2. The molecule has 35 heavy (non-hydrogen) atoms. The van der Waals surface area contributed by atoms with E-state index in [1.807, 2.05) is 24.3 Å². The van der Waals surface area contributed by atoms with Crippen LogP contribution in [-0.2, 0) is 4.74 Å². The van der Waals surface area contributed by atoms with Crippen LogP contribution in [0.4, 0.5) is 27.4 Å². The highest BCUT2D eigenvalue weighted by Gasteiger charge is 2.31. The number of rotatable bonds is 6. The minimum atomic E-state index is -0.242. The molecule has 3 aliphatic rings. The minimum Gasteiger partial charge on any atom is -0.378 e. The van der Waals surface area contributed by atoms with Crippen molar-refractivity contribution in [1.82, 2.24) is 14.9 Å². The number of benzene rings is 2. The highest BCUT2D eigenvalue weighted by Crippen LogP contribution is 2.30. The second kappa shape index (κ2) is 9.79. The van der Waals surface area contributed by atoms with Crippen LogP contribution in [0, 0.1) is 5.82 Å². The molecular formula is C27H31FN6O. The molecule has 8 heteroatoms. The average Bonchev–Trinajstić information content (AvgIpc) is 3.75. The van der Waals surface area contributed by atoms with E-state index in [1.165, 1.54) is 18.5 Å². The van der Waals surface area contributed by atoms with Gasteiger partial charge >= 0.3 is 0 Å². The Kier molecular flexibility index (Phi) is 6.22. The molecule has 1 N–H and O–H groups in total. The summed E-state index contributed by atoms with van der Waals surface area (Å²) in [4.78, 5) is 16.2. The molecule has 3 fully saturated rings. The van der Waals surface area contributed by atoms with Crippen molar-refractivity contribution in [2.24, 2.45) is 0 Å². The number of anilines is 4. The number of hydrogen-bond donors (Lipinski definition) is 1. The Balaban J connectivity index is 1.16. The molecule has 3 heterocycles.